The van der Waals surface area contributed by atoms with Crippen molar-refractivity contribution in [1.82, 2.24) is 4.98 Å². The number of ketones is 1. The summed E-state index contributed by atoms with van der Waals surface area (Å²) in [7, 11) is 0. The van der Waals surface area contributed by atoms with E-state index in [1.807, 2.05) is 33.8 Å². The number of aromatic nitrogens is 1. The van der Waals surface area contributed by atoms with E-state index < -0.39 is 0 Å². The number of hydrogen-bond donors (Lipinski definition) is 1. The van der Waals surface area contributed by atoms with Gasteiger partial charge in [-0.1, -0.05) is 83.0 Å². The van der Waals surface area contributed by atoms with Gasteiger partial charge < -0.3 is 5.11 Å². The minimum absolute atomic E-state index is 0. The fraction of sp³-hybridized carbons (Fsp3) is 0.389. The molecule has 1 aromatic heterocycles. The number of carbonyl (C=O) groups excluding carboxylic acids is 1. The molecule has 1 heterocycles. The molecule has 0 amide bonds. The minimum atomic E-state index is 0. The molecule has 1 N–H and O–H groups in total. The summed E-state index contributed by atoms with van der Waals surface area (Å²) in [6.45, 7) is 8.07. The molecule has 4 heteroatoms. The van der Waals surface area contributed by atoms with Crippen molar-refractivity contribution in [2.24, 2.45) is 11.8 Å². The van der Waals surface area contributed by atoms with Crippen molar-refractivity contribution in [1.29, 1.82) is 0 Å². The molecule has 215 valence electrons. The van der Waals surface area contributed by atoms with Gasteiger partial charge >= 0.3 is 0 Å². The van der Waals surface area contributed by atoms with Gasteiger partial charge in [0.1, 0.15) is 0 Å². The van der Waals surface area contributed by atoms with Gasteiger partial charge in [-0.3, -0.25) is 9.78 Å². The molecular formula is C36H44IrNO2-. The summed E-state index contributed by atoms with van der Waals surface area (Å²) in [5.41, 5.74) is 6.16. The number of aliphatic hydroxyl groups is 1. The van der Waals surface area contributed by atoms with Crippen molar-refractivity contribution in [2.75, 3.05) is 0 Å². The number of hydrogen-bond acceptors (Lipinski definition) is 3. The van der Waals surface area contributed by atoms with Gasteiger partial charge in [0, 0.05) is 43.4 Å². The summed E-state index contributed by atoms with van der Waals surface area (Å²) in [6.07, 6.45) is 8.46. The van der Waals surface area contributed by atoms with Crippen molar-refractivity contribution in [3.8, 4) is 11.3 Å². The Labute approximate surface area is 254 Å². The third kappa shape index (κ3) is 7.47. The summed E-state index contributed by atoms with van der Waals surface area (Å²) in [4.78, 5) is 16.7. The van der Waals surface area contributed by atoms with Crippen LogP contribution in [0.3, 0.4) is 0 Å². The molecule has 0 aliphatic heterocycles. The smallest absolute Gasteiger partial charge is 0.162 e. The van der Waals surface area contributed by atoms with Gasteiger partial charge in [-0.2, -0.15) is 0 Å². The number of aryl methyl sites for hydroxylation is 2. The normalized spacial score (nSPS) is 12.5. The molecule has 0 saturated carbocycles. The van der Waals surface area contributed by atoms with Crippen LogP contribution < -0.4 is 0 Å². The molecule has 5 rings (SSSR count). The number of carbonyl (C=O) groups is 1. The molecular weight excluding hydrogens is 671 g/mol. The molecule has 1 radical (unpaired) electrons. The van der Waals surface area contributed by atoms with Gasteiger partial charge in [0.05, 0.1) is 11.3 Å². The maximum absolute atomic E-state index is 11.7. The van der Waals surface area contributed by atoms with E-state index >= 15 is 0 Å². The Kier molecular flexibility index (Phi) is 13.2. The molecule has 40 heavy (non-hydrogen) atoms. The van der Waals surface area contributed by atoms with Crippen LogP contribution >= 0.6 is 0 Å². The Hall–Kier alpha value is -2.81. The first-order chi connectivity index (χ1) is 18.5. The predicted octanol–water partition coefficient (Wildman–Crippen LogP) is 9.85. The molecule has 0 unspecified atom stereocenters. The Morgan fingerprint density at radius 1 is 0.925 bits per heavy atom. The van der Waals surface area contributed by atoms with Gasteiger partial charge in [-0.25, -0.2) is 0 Å². The van der Waals surface area contributed by atoms with E-state index in [0.29, 0.717) is 0 Å². The summed E-state index contributed by atoms with van der Waals surface area (Å²) >= 11 is 0. The third-order valence-corrected chi connectivity index (χ3v) is 7.95. The number of aliphatic hydroxyl groups excluding tert-OH is 1. The second-order valence-corrected chi connectivity index (χ2v) is 10.3. The quantitative estimate of drug-likeness (QED) is 0.112. The first-order valence-electron chi connectivity index (χ1n) is 14.3. The van der Waals surface area contributed by atoms with Gasteiger partial charge in [0.2, 0.25) is 0 Å². The van der Waals surface area contributed by atoms with Crippen LogP contribution in [0.4, 0.5) is 0 Å². The Balaban J connectivity index is 0.000000294. The van der Waals surface area contributed by atoms with Crippen molar-refractivity contribution in [2.45, 2.75) is 80.1 Å². The van der Waals surface area contributed by atoms with Crippen LogP contribution in [0.2, 0.25) is 0 Å². The van der Waals surface area contributed by atoms with E-state index in [1.165, 1.54) is 46.2 Å². The first-order valence-corrected chi connectivity index (χ1v) is 14.3. The number of rotatable bonds is 8. The maximum atomic E-state index is 11.7. The van der Waals surface area contributed by atoms with Crippen LogP contribution in [0.15, 0.2) is 72.5 Å². The van der Waals surface area contributed by atoms with Gasteiger partial charge in [0.25, 0.3) is 0 Å². The Morgan fingerprint density at radius 2 is 1.60 bits per heavy atom. The Bertz CT molecular complexity index is 1430. The van der Waals surface area contributed by atoms with E-state index in [4.69, 9.17) is 4.98 Å². The van der Waals surface area contributed by atoms with Gasteiger partial charge in [-0.15, -0.1) is 29.1 Å². The van der Waals surface area contributed by atoms with Gasteiger partial charge in [0.15, 0.2) is 5.78 Å². The molecule has 0 spiro atoms. The predicted molar refractivity (Wildman–Crippen MR) is 166 cm³/mol. The fourth-order valence-corrected chi connectivity index (χ4v) is 5.61. The molecule has 0 fully saturated rings. The van der Waals surface area contributed by atoms with Crippen molar-refractivity contribution in [3.63, 3.8) is 0 Å². The first kappa shape index (κ1) is 33.4. The topological polar surface area (TPSA) is 50.2 Å². The monoisotopic (exact) mass is 715 g/mol. The molecule has 3 aromatic carbocycles. The molecule has 0 atom stereocenters. The largest absolute Gasteiger partial charge is 0.512 e. The zero-order valence-electron chi connectivity index (χ0n) is 23.6. The van der Waals surface area contributed by atoms with E-state index in [-0.39, 0.29) is 50.9 Å². The van der Waals surface area contributed by atoms with Crippen molar-refractivity contribution < 1.29 is 30.0 Å². The average molecular weight is 715 g/mol. The second-order valence-electron chi connectivity index (χ2n) is 10.3. The van der Waals surface area contributed by atoms with E-state index in [2.05, 4.69) is 60.7 Å². The molecule has 1 aliphatic carbocycles. The van der Waals surface area contributed by atoms with E-state index in [9.17, 15) is 9.90 Å². The van der Waals surface area contributed by atoms with Crippen LogP contribution in [0.5, 0.6) is 0 Å². The average Bonchev–Trinajstić information content (AvgIpc) is 2.94. The number of fused-ring (bicyclic) bond motifs is 1. The van der Waals surface area contributed by atoms with E-state index in [1.54, 1.807) is 0 Å². The Morgan fingerprint density at radius 3 is 2.30 bits per heavy atom. The zero-order valence-corrected chi connectivity index (χ0v) is 26.0. The maximum Gasteiger partial charge on any atom is 0.162 e. The molecule has 0 bridgehead atoms. The van der Waals surface area contributed by atoms with Crippen LogP contribution in [0.1, 0.15) is 78.4 Å². The fourth-order valence-electron chi connectivity index (χ4n) is 5.61. The van der Waals surface area contributed by atoms with Crippen molar-refractivity contribution >= 4 is 27.5 Å². The number of allylic oxidation sites excluding steroid dienone is 2. The summed E-state index contributed by atoms with van der Waals surface area (Å²) < 4.78 is 0. The molecule has 3 nitrogen and oxygen atoms in total. The molecule has 4 aromatic rings. The molecule has 0 saturated heterocycles. The number of benzene rings is 3. The van der Waals surface area contributed by atoms with Gasteiger partial charge in [-0.05, 0) is 67.8 Å². The standard InChI is InChI=1S/C22H16N.C13H24O2.CH4.Ir/c1-2-11-18-15(6-1)7-4-12-19(18)21-14-17-10-3-8-16-9-5-13-20(23-21)22(16)17;1-5-10(6-2)12(14)9-13(15)11(7-3)8-4;;/h1-2,4-7,9,11,13-14H,3,8,10H2;9-11,14H,5-8H2,1-4H3;1H4;/q-1;;;. The number of nitrogens with zero attached hydrogens (tertiary/aromatic N) is 1. The molecule has 1 aliphatic rings. The van der Waals surface area contributed by atoms with Crippen LogP contribution in [0, 0.1) is 17.9 Å². The van der Waals surface area contributed by atoms with Crippen LogP contribution in [-0.2, 0) is 37.7 Å². The summed E-state index contributed by atoms with van der Waals surface area (Å²) in [5.74, 6) is 0.547. The third-order valence-electron chi connectivity index (χ3n) is 7.95. The van der Waals surface area contributed by atoms with Crippen LogP contribution in [-0.4, -0.2) is 15.9 Å². The SMILES string of the molecule is C.CCC(CC)C(=O)C=C(O)C(CC)CC.[Ir].[c-]1ccc2ccccc2c1-c1cc2c3c(cccc3n1)CCC2. The van der Waals surface area contributed by atoms with Crippen LogP contribution in [0.25, 0.3) is 32.9 Å². The van der Waals surface area contributed by atoms with Crippen molar-refractivity contribution in [3.05, 3.63) is 89.7 Å². The summed E-state index contributed by atoms with van der Waals surface area (Å²) in [6, 6.07) is 24.8. The number of pyridine rings is 1. The second kappa shape index (κ2) is 15.8. The minimum Gasteiger partial charge on any atom is -0.512 e. The summed E-state index contributed by atoms with van der Waals surface area (Å²) in [5, 5.41) is 13.6. The zero-order chi connectivity index (χ0) is 27.1. The van der Waals surface area contributed by atoms with E-state index in [0.717, 1.165) is 48.9 Å².